The molecule has 5 heteroatoms. The quantitative estimate of drug-likeness (QED) is 0.234. The van der Waals surface area contributed by atoms with Gasteiger partial charge in [-0.25, -0.2) is 9.97 Å². The van der Waals surface area contributed by atoms with Crippen LogP contribution in [0.3, 0.4) is 0 Å². The van der Waals surface area contributed by atoms with Crippen LogP contribution in [0.1, 0.15) is 41.3 Å². The third-order valence-corrected chi connectivity index (χ3v) is 6.42. The van der Waals surface area contributed by atoms with Crippen molar-refractivity contribution < 1.29 is 4.79 Å². The molecule has 184 valence electrons. The molecule has 0 unspecified atom stereocenters. The van der Waals surface area contributed by atoms with Crippen molar-refractivity contribution in [2.45, 2.75) is 33.1 Å². The molecule has 0 aliphatic rings. The van der Waals surface area contributed by atoms with Gasteiger partial charge in [-0.1, -0.05) is 74.0 Å². The SMILES string of the molecule is CCCCc1ccc(C)c(NC(=O)c2ccc(Nc3nc(-c4ccccc4)c4ccccc4n3)cc2)c1. The van der Waals surface area contributed by atoms with E-state index in [1.165, 1.54) is 5.56 Å². The Morgan fingerprint density at radius 3 is 2.38 bits per heavy atom. The molecule has 0 aliphatic heterocycles. The summed E-state index contributed by atoms with van der Waals surface area (Å²) in [6, 6.07) is 31.8. The molecule has 1 amide bonds. The van der Waals surface area contributed by atoms with E-state index in [9.17, 15) is 4.79 Å². The second-order valence-electron chi connectivity index (χ2n) is 9.19. The molecule has 5 rings (SSSR count). The van der Waals surface area contributed by atoms with E-state index in [1.807, 2.05) is 85.8 Å². The van der Waals surface area contributed by atoms with E-state index in [1.54, 1.807) is 0 Å². The lowest BCUT2D eigenvalue weighted by atomic mass is 10.0. The zero-order valence-corrected chi connectivity index (χ0v) is 21.2. The second kappa shape index (κ2) is 11.0. The molecule has 0 saturated carbocycles. The number of rotatable bonds is 8. The highest BCUT2D eigenvalue weighted by atomic mass is 16.1. The number of anilines is 3. The summed E-state index contributed by atoms with van der Waals surface area (Å²) >= 11 is 0. The fourth-order valence-corrected chi connectivity index (χ4v) is 4.32. The van der Waals surface area contributed by atoms with Gasteiger partial charge in [-0.2, -0.15) is 0 Å². The summed E-state index contributed by atoms with van der Waals surface area (Å²) in [5, 5.41) is 7.38. The number of carbonyl (C=O) groups excluding carboxylic acids is 1. The number of para-hydroxylation sites is 1. The van der Waals surface area contributed by atoms with E-state index >= 15 is 0 Å². The summed E-state index contributed by atoms with van der Waals surface area (Å²) in [4.78, 5) is 22.5. The molecular weight excluding hydrogens is 456 g/mol. The number of benzene rings is 4. The van der Waals surface area contributed by atoms with Gasteiger partial charge in [0.05, 0.1) is 11.2 Å². The minimum atomic E-state index is -0.129. The lowest BCUT2D eigenvalue weighted by Gasteiger charge is -2.12. The van der Waals surface area contributed by atoms with Gasteiger partial charge in [-0.15, -0.1) is 0 Å². The van der Waals surface area contributed by atoms with Crippen molar-refractivity contribution in [2.75, 3.05) is 10.6 Å². The van der Waals surface area contributed by atoms with Crippen molar-refractivity contribution in [1.29, 1.82) is 0 Å². The minimum Gasteiger partial charge on any atom is -0.324 e. The van der Waals surface area contributed by atoms with Gasteiger partial charge < -0.3 is 10.6 Å². The number of nitrogens with one attached hydrogen (secondary N) is 2. The van der Waals surface area contributed by atoms with Crippen LogP contribution in [0.15, 0.2) is 97.1 Å². The van der Waals surface area contributed by atoms with E-state index in [0.29, 0.717) is 11.5 Å². The maximum Gasteiger partial charge on any atom is 0.255 e. The number of aryl methyl sites for hydroxylation is 2. The molecular formula is C32H30N4O. The fraction of sp³-hybridized carbons (Fsp3) is 0.156. The van der Waals surface area contributed by atoms with Crippen LogP contribution in [-0.2, 0) is 6.42 Å². The first-order chi connectivity index (χ1) is 18.1. The van der Waals surface area contributed by atoms with E-state index in [0.717, 1.165) is 58.4 Å². The molecule has 37 heavy (non-hydrogen) atoms. The molecule has 0 bridgehead atoms. The number of hydrogen-bond acceptors (Lipinski definition) is 4. The minimum absolute atomic E-state index is 0.129. The number of fused-ring (bicyclic) bond motifs is 1. The topological polar surface area (TPSA) is 66.9 Å². The van der Waals surface area contributed by atoms with Gasteiger partial charge in [-0.05, 0) is 67.3 Å². The largest absolute Gasteiger partial charge is 0.324 e. The highest BCUT2D eigenvalue weighted by Gasteiger charge is 2.12. The molecule has 2 N–H and O–H groups in total. The molecule has 0 aliphatic carbocycles. The molecule has 0 saturated heterocycles. The van der Waals surface area contributed by atoms with Crippen molar-refractivity contribution in [2.24, 2.45) is 0 Å². The third-order valence-electron chi connectivity index (χ3n) is 6.42. The highest BCUT2D eigenvalue weighted by Crippen LogP contribution is 2.28. The standard InChI is InChI=1S/C32H30N4O/c1-3-4-10-23-16-15-22(2)29(21-23)34-31(37)25-17-19-26(20-18-25)33-32-35-28-14-9-8-13-27(28)30(36-32)24-11-6-5-7-12-24/h5-9,11-21H,3-4,10H2,1-2H3,(H,34,37)(H,33,35,36). The van der Waals surface area contributed by atoms with E-state index < -0.39 is 0 Å². The summed E-state index contributed by atoms with van der Waals surface area (Å²) in [6.07, 6.45) is 3.30. The van der Waals surface area contributed by atoms with E-state index in [-0.39, 0.29) is 5.91 Å². The Kier molecular flexibility index (Phi) is 7.22. The monoisotopic (exact) mass is 486 g/mol. The third kappa shape index (κ3) is 5.67. The first kappa shape index (κ1) is 24.2. The number of hydrogen-bond donors (Lipinski definition) is 2. The molecule has 4 aromatic carbocycles. The first-order valence-electron chi connectivity index (χ1n) is 12.7. The number of aromatic nitrogens is 2. The van der Waals surface area contributed by atoms with Crippen molar-refractivity contribution in [3.8, 4) is 11.3 Å². The fourth-order valence-electron chi connectivity index (χ4n) is 4.32. The maximum atomic E-state index is 13.0. The molecule has 1 aromatic heterocycles. The Bertz CT molecular complexity index is 1530. The van der Waals surface area contributed by atoms with Gasteiger partial charge in [0.25, 0.3) is 5.91 Å². The van der Waals surface area contributed by atoms with Crippen molar-refractivity contribution in [3.63, 3.8) is 0 Å². The van der Waals surface area contributed by atoms with Crippen LogP contribution >= 0.6 is 0 Å². The van der Waals surface area contributed by atoms with Crippen LogP contribution in [0.25, 0.3) is 22.2 Å². The number of nitrogens with zero attached hydrogens (tertiary/aromatic N) is 2. The van der Waals surface area contributed by atoms with Crippen molar-refractivity contribution in [3.05, 3.63) is 114 Å². The van der Waals surface area contributed by atoms with Gasteiger partial charge in [-0.3, -0.25) is 4.79 Å². The molecule has 0 spiro atoms. The summed E-state index contributed by atoms with van der Waals surface area (Å²) in [5.74, 6) is 0.380. The molecule has 0 fully saturated rings. The Hall–Kier alpha value is -4.51. The highest BCUT2D eigenvalue weighted by molar-refractivity contribution is 6.05. The van der Waals surface area contributed by atoms with Crippen molar-refractivity contribution in [1.82, 2.24) is 9.97 Å². The van der Waals surface area contributed by atoms with Crippen molar-refractivity contribution >= 4 is 34.1 Å². The molecule has 1 heterocycles. The number of carbonyl (C=O) groups is 1. The van der Waals surface area contributed by atoms with E-state index in [4.69, 9.17) is 9.97 Å². The normalized spacial score (nSPS) is 10.9. The lowest BCUT2D eigenvalue weighted by molar-refractivity contribution is 0.102. The van der Waals surface area contributed by atoms with Crippen LogP contribution in [0.2, 0.25) is 0 Å². The Labute approximate surface area is 217 Å². The molecule has 5 nitrogen and oxygen atoms in total. The average Bonchev–Trinajstić information content (AvgIpc) is 2.94. The van der Waals surface area contributed by atoms with Gasteiger partial charge in [0.15, 0.2) is 0 Å². The van der Waals surface area contributed by atoms with Crippen LogP contribution in [0, 0.1) is 6.92 Å². The Balaban J connectivity index is 1.34. The van der Waals surface area contributed by atoms with Crippen LogP contribution in [-0.4, -0.2) is 15.9 Å². The lowest BCUT2D eigenvalue weighted by Crippen LogP contribution is -2.13. The maximum absolute atomic E-state index is 13.0. The average molecular weight is 487 g/mol. The zero-order chi connectivity index (χ0) is 25.6. The smallest absolute Gasteiger partial charge is 0.255 e. The summed E-state index contributed by atoms with van der Waals surface area (Å²) in [6.45, 7) is 4.20. The number of amides is 1. The summed E-state index contributed by atoms with van der Waals surface area (Å²) in [7, 11) is 0. The molecule has 0 atom stereocenters. The van der Waals surface area contributed by atoms with Crippen LogP contribution in [0.4, 0.5) is 17.3 Å². The van der Waals surface area contributed by atoms with Gasteiger partial charge in [0.2, 0.25) is 5.95 Å². The van der Waals surface area contributed by atoms with Crippen LogP contribution in [0.5, 0.6) is 0 Å². The predicted octanol–water partition coefficient (Wildman–Crippen LogP) is 7.94. The zero-order valence-electron chi connectivity index (χ0n) is 21.2. The predicted molar refractivity (Wildman–Crippen MR) is 152 cm³/mol. The van der Waals surface area contributed by atoms with E-state index in [2.05, 4.69) is 35.8 Å². The summed E-state index contributed by atoms with van der Waals surface area (Å²) < 4.78 is 0. The van der Waals surface area contributed by atoms with Gasteiger partial charge >= 0.3 is 0 Å². The Morgan fingerprint density at radius 1 is 0.838 bits per heavy atom. The second-order valence-corrected chi connectivity index (χ2v) is 9.19. The first-order valence-corrected chi connectivity index (χ1v) is 12.7. The van der Waals surface area contributed by atoms with Gasteiger partial charge in [0.1, 0.15) is 0 Å². The summed E-state index contributed by atoms with van der Waals surface area (Å²) in [5.41, 5.74) is 7.33. The van der Waals surface area contributed by atoms with Crippen LogP contribution < -0.4 is 10.6 Å². The van der Waals surface area contributed by atoms with Gasteiger partial charge in [0, 0.05) is 27.9 Å². The number of unbranched alkanes of at least 4 members (excludes halogenated alkanes) is 1. The Morgan fingerprint density at radius 2 is 1.59 bits per heavy atom. The molecule has 5 aromatic rings. The molecule has 0 radical (unpaired) electrons.